The van der Waals surface area contributed by atoms with Gasteiger partial charge in [0.05, 0.1) is 32.1 Å². The Balaban J connectivity index is 1.34. The molecule has 0 saturated heterocycles. The number of thioether (sulfide) groups is 1. The largest absolute Gasteiger partial charge is 0.497 e. The molecule has 0 fully saturated rings. The zero-order valence-electron chi connectivity index (χ0n) is 18.7. The molecule has 0 unspecified atom stereocenters. The van der Waals surface area contributed by atoms with Crippen LogP contribution in [0.3, 0.4) is 0 Å². The van der Waals surface area contributed by atoms with Crippen LogP contribution >= 0.6 is 11.8 Å². The summed E-state index contributed by atoms with van der Waals surface area (Å²) in [4.78, 5) is 28.7. The molecule has 4 aromatic rings. The number of benzene rings is 1. The topological polar surface area (TPSA) is 86.7 Å². The Bertz CT molecular complexity index is 1330. The van der Waals surface area contributed by atoms with Gasteiger partial charge in [0.2, 0.25) is 5.88 Å². The van der Waals surface area contributed by atoms with Crippen molar-refractivity contribution in [1.82, 2.24) is 15.0 Å². The van der Waals surface area contributed by atoms with E-state index in [2.05, 4.69) is 27.1 Å². The average Bonchev–Trinajstić information content (AvgIpc) is 2.89. The summed E-state index contributed by atoms with van der Waals surface area (Å²) in [5.41, 5.74) is 4.04. The van der Waals surface area contributed by atoms with E-state index in [0.717, 1.165) is 38.7 Å². The first kappa shape index (κ1) is 22.0. The summed E-state index contributed by atoms with van der Waals surface area (Å²) < 4.78 is 15.8. The Morgan fingerprint density at radius 3 is 2.59 bits per heavy atom. The van der Waals surface area contributed by atoms with E-state index >= 15 is 0 Å². The number of cyclic esters (lactones) is 1. The number of aromatic nitrogens is 3. The molecular weight excluding hydrogens is 452 g/mol. The lowest BCUT2D eigenvalue weighted by molar-refractivity contribution is 0.141. The lowest BCUT2D eigenvalue weighted by Gasteiger charge is -2.29. The normalized spacial score (nSPS) is 12.9. The average molecular weight is 475 g/mol. The minimum absolute atomic E-state index is 0.175. The predicted octanol–water partition coefficient (Wildman–Crippen LogP) is 4.99. The first-order valence-electron chi connectivity index (χ1n) is 10.6. The van der Waals surface area contributed by atoms with Gasteiger partial charge in [0.15, 0.2) is 5.65 Å². The highest BCUT2D eigenvalue weighted by molar-refractivity contribution is 7.98. The van der Waals surface area contributed by atoms with Crippen LogP contribution in [0, 0.1) is 0 Å². The molecule has 172 valence electrons. The van der Waals surface area contributed by atoms with Gasteiger partial charge in [-0.25, -0.2) is 9.78 Å². The van der Waals surface area contributed by atoms with Gasteiger partial charge >= 0.3 is 6.09 Å². The number of anilines is 1. The molecule has 0 atom stereocenters. The van der Waals surface area contributed by atoms with Crippen molar-refractivity contribution < 1.29 is 19.0 Å². The minimum Gasteiger partial charge on any atom is -0.497 e. The lowest BCUT2D eigenvalue weighted by Crippen LogP contribution is -2.35. The Kier molecular flexibility index (Phi) is 6.18. The first-order chi connectivity index (χ1) is 16.6. The summed E-state index contributed by atoms with van der Waals surface area (Å²) in [6.45, 7) is 0.453. The van der Waals surface area contributed by atoms with Crippen LogP contribution in [0.2, 0.25) is 0 Å². The molecule has 0 radical (unpaired) electrons. The van der Waals surface area contributed by atoms with Gasteiger partial charge in [-0.05, 0) is 35.9 Å². The Labute approximate surface area is 200 Å². The molecule has 34 heavy (non-hydrogen) atoms. The van der Waals surface area contributed by atoms with Crippen molar-refractivity contribution in [1.29, 1.82) is 0 Å². The quantitative estimate of drug-likeness (QED) is 0.346. The van der Waals surface area contributed by atoms with Crippen molar-refractivity contribution in [3.63, 3.8) is 0 Å². The van der Waals surface area contributed by atoms with Crippen LogP contribution in [-0.2, 0) is 23.6 Å². The molecule has 0 bridgehead atoms. The van der Waals surface area contributed by atoms with Gasteiger partial charge in [-0.1, -0.05) is 12.1 Å². The molecular formula is C25H22N4O4S. The fraction of sp³-hybridized carbons (Fsp3) is 0.200. The van der Waals surface area contributed by atoms with Gasteiger partial charge in [0, 0.05) is 40.1 Å². The lowest BCUT2D eigenvalue weighted by atomic mass is 10.1. The number of pyridine rings is 3. The number of methoxy groups -OCH3 is 2. The van der Waals surface area contributed by atoms with Gasteiger partial charge in [-0.2, -0.15) is 4.98 Å². The SMILES string of the molecule is COc1ccc(CSc2ccc(CN3C(=O)OCc4cnc5nc(OC)ccc5c43)nc2)cc1. The number of hydrogen-bond acceptors (Lipinski definition) is 8. The molecule has 5 rings (SSSR count). The van der Waals surface area contributed by atoms with Crippen LogP contribution in [0.15, 0.2) is 65.8 Å². The number of hydrogen-bond donors (Lipinski definition) is 0. The molecule has 1 aliphatic heterocycles. The number of amides is 1. The molecule has 4 heterocycles. The third kappa shape index (κ3) is 4.47. The van der Waals surface area contributed by atoms with Crippen LogP contribution in [0.1, 0.15) is 16.8 Å². The summed E-state index contributed by atoms with van der Waals surface area (Å²) in [5.74, 6) is 2.14. The van der Waals surface area contributed by atoms with E-state index in [9.17, 15) is 4.79 Å². The molecule has 9 heteroatoms. The van der Waals surface area contributed by atoms with Crippen molar-refractivity contribution in [3.05, 3.63) is 77.7 Å². The maximum Gasteiger partial charge on any atom is 0.415 e. The number of fused-ring (bicyclic) bond motifs is 3. The van der Waals surface area contributed by atoms with E-state index in [1.54, 1.807) is 43.1 Å². The standard InChI is InChI=1S/C25H22N4O4S/c1-31-19-6-3-16(4-7-19)15-34-20-8-5-18(26-12-20)13-29-23-17(14-33-25(29)30)11-27-24-21(23)9-10-22(28-24)32-2/h3-12H,13-15H2,1-2H3. The molecule has 1 aromatic carbocycles. The highest BCUT2D eigenvalue weighted by Gasteiger charge is 2.29. The predicted molar refractivity (Wildman–Crippen MR) is 129 cm³/mol. The number of rotatable bonds is 7. The molecule has 0 aliphatic carbocycles. The number of carbonyl (C=O) groups excluding carboxylic acids is 1. The van der Waals surface area contributed by atoms with Gasteiger partial charge in [-0.3, -0.25) is 9.88 Å². The third-order valence-corrected chi connectivity index (χ3v) is 6.54. The van der Waals surface area contributed by atoms with E-state index in [1.807, 2.05) is 36.5 Å². The second-order valence-electron chi connectivity index (χ2n) is 7.62. The number of carbonyl (C=O) groups is 1. The van der Waals surface area contributed by atoms with Gasteiger partial charge in [0.1, 0.15) is 12.4 Å². The monoisotopic (exact) mass is 474 g/mol. The van der Waals surface area contributed by atoms with E-state index in [-0.39, 0.29) is 13.2 Å². The van der Waals surface area contributed by atoms with Crippen LogP contribution in [-0.4, -0.2) is 35.3 Å². The Hall–Kier alpha value is -3.85. The highest BCUT2D eigenvalue weighted by atomic mass is 32.2. The zero-order valence-corrected chi connectivity index (χ0v) is 19.5. The number of ether oxygens (including phenoxy) is 3. The van der Waals surface area contributed by atoms with Crippen LogP contribution in [0.5, 0.6) is 11.6 Å². The van der Waals surface area contributed by atoms with Crippen molar-refractivity contribution in [2.45, 2.75) is 23.8 Å². The molecule has 3 aromatic heterocycles. The summed E-state index contributed by atoms with van der Waals surface area (Å²) in [5, 5.41) is 0.765. The van der Waals surface area contributed by atoms with Crippen molar-refractivity contribution in [2.75, 3.05) is 19.1 Å². The molecule has 0 N–H and O–H groups in total. The van der Waals surface area contributed by atoms with E-state index in [4.69, 9.17) is 14.2 Å². The first-order valence-corrected chi connectivity index (χ1v) is 11.6. The Morgan fingerprint density at radius 1 is 1.00 bits per heavy atom. The second-order valence-corrected chi connectivity index (χ2v) is 8.67. The summed E-state index contributed by atoms with van der Waals surface area (Å²) in [7, 11) is 3.22. The van der Waals surface area contributed by atoms with Crippen LogP contribution < -0.4 is 14.4 Å². The fourth-order valence-electron chi connectivity index (χ4n) is 3.72. The smallest absolute Gasteiger partial charge is 0.415 e. The van der Waals surface area contributed by atoms with E-state index in [0.29, 0.717) is 11.5 Å². The Morgan fingerprint density at radius 2 is 1.85 bits per heavy atom. The number of nitrogens with zero attached hydrogens (tertiary/aromatic N) is 4. The highest BCUT2D eigenvalue weighted by Crippen LogP contribution is 2.35. The minimum atomic E-state index is -0.421. The van der Waals surface area contributed by atoms with Crippen molar-refractivity contribution in [2.24, 2.45) is 0 Å². The van der Waals surface area contributed by atoms with Gasteiger partial charge < -0.3 is 14.2 Å². The van der Waals surface area contributed by atoms with E-state index < -0.39 is 6.09 Å². The van der Waals surface area contributed by atoms with Crippen molar-refractivity contribution >= 4 is 34.6 Å². The van der Waals surface area contributed by atoms with Crippen molar-refractivity contribution in [3.8, 4) is 11.6 Å². The maximum atomic E-state index is 12.7. The van der Waals surface area contributed by atoms with Gasteiger partial charge in [0.25, 0.3) is 0 Å². The molecule has 1 amide bonds. The molecule has 0 spiro atoms. The maximum absolute atomic E-state index is 12.7. The van der Waals surface area contributed by atoms with Gasteiger partial charge in [-0.15, -0.1) is 11.8 Å². The van der Waals surface area contributed by atoms with Crippen LogP contribution in [0.25, 0.3) is 11.0 Å². The molecule has 1 aliphatic rings. The zero-order chi connectivity index (χ0) is 23.5. The van der Waals surface area contributed by atoms with Crippen LogP contribution in [0.4, 0.5) is 10.5 Å². The molecule has 8 nitrogen and oxygen atoms in total. The summed E-state index contributed by atoms with van der Waals surface area (Å²) in [6, 6.07) is 15.6. The molecule has 0 saturated carbocycles. The fourth-order valence-corrected chi connectivity index (χ4v) is 4.54. The third-order valence-electron chi connectivity index (χ3n) is 5.48. The van der Waals surface area contributed by atoms with E-state index in [1.165, 1.54) is 5.56 Å². The summed E-state index contributed by atoms with van der Waals surface area (Å²) >= 11 is 1.70. The summed E-state index contributed by atoms with van der Waals surface area (Å²) in [6.07, 6.45) is 3.10. The second kappa shape index (κ2) is 9.56.